The lowest BCUT2D eigenvalue weighted by atomic mass is 9.98. The molecule has 0 saturated carbocycles. The van der Waals surface area contributed by atoms with E-state index in [0.717, 1.165) is 27.2 Å². The van der Waals surface area contributed by atoms with Crippen LogP contribution >= 0.6 is 0 Å². The molecule has 2 aliphatic rings. The predicted molar refractivity (Wildman–Crippen MR) is 117 cm³/mol. The van der Waals surface area contributed by atoms with Crippen LogP contribution in [0.1, 0.15) is 44.2 Å². The highest BCUT2D eigenvalue weighted by molar-refractivity contribution is 5.84. The summed E-state index contributed by atoms with van der Waals surface area (Å²) in [6.07, 6.45) is -0.723. The lowest BCUT2D eigenvalue weighted by Crippen LogP contribution is -2.41. The molecular weight excluding hydrogens is 410 g/mol. The van der Waals surface area contributed by atoms with Crippen LogP contribution in [-0.4, -0.2) is 52.8 Å². The van der Waals surface area contributed by atoms with Crippen LogP contribution in [0, 0.1) is 5.92 Å². The Kier molecular flexibility index (Phi) is 5.67. The minimum absolute atomic E-state index is 0.00838. The molecule has 2 atom stereocenters. The number of nitrogens with zero attached hydrogens (tertiary/aromatic N) is 1. The molecule has 1 aliphatic carbocycles. The first-order valence-electron chi connectivity index (χ1n) is 10.7. The quantitative estimate of drug-likeness (QED) is 0.726. The lowest BCUT2D eigenvalue weighted by Gasteiger charge is -2.23. The molecule has 0 radical (unpaired) electrons. The van der Waals surface area contributed by atoms with Gasteiger partial charge in [0, 0.05) is 12.5 Å². The Morgan fingerprint density at radius 2 is 1.56 bits per heavy atom. The van der Waals surface area contributed by atoms with Crippen molar-refractivity contribution in [2.45, 2.75) is 44.8 Å². The molecule has 7 nitrogen and oxygen atoms in total. The molecule has 1 saturated heterocycles. The third-order valence-corrected chi connectivity index (χ3v) is 5.90. The molecular formula is C25H27NO6. The smallest absolute Gasteiger partial charge is 0.410 e. The zero-order valence-electron chi connectivity index (χ0n) is 18.4. The van der Waals surface area contributed by atoms with Gasteiger partial charge in [0.2, 0.25) is 0 Å². The number of esters is 1. The summed E-state index contributed by atoms with van der Waals surface area (Å²) in [6.45, 7) is 5.29. The molecule has 0 unspecified atom stereocenters. The van der Waals surface area contributed by atoms with Gasteiger partial charge in [-0.3, -0.25) is 9.69 Å². The predicted octanol–water partition coefficient (Wildman–Crippen LogP) is 4.05. The molecule has 1 fully saturated rings. The van der Waals surface area contributed by atoms with E-state index in [2.05, 4.69) is 0 Å². The van der Waals surface area contributed by atoms with Gasteiger partial charge in [0.25, 0.3) is 0 Å². The van der Waals surface area contributed by atoms with E-state index in [9.17, 15) is 19.5 Å². The van der Waals surface area contributed by atoms with Crippen molar-refractivity contribution in [3.63, 3.8) is 0 Å². The van der Waals surface area contributed by atoms with Gasteiger partial charge in [-0.05, 0) is 49.4 Å². The Bertz CT molecular complexity index is 1010. The van der Waals surface area contributed by atoms with E-state index < -0.39 is 35.6 Å². The van der Waals surface area contributed by atoms with E-state index in [0.29, 0.717) is 0 Å². The number of aliphatic carboxylic acids is 1. The molecule has 1 amide bonds. The van der Waals surface area contributed by atoms with Crippen molar-refractivity contribution in [2.75, 3.05) is 13.2 Å². The second-order valence-corrected chi connectivity index (χ2v) is 9.28. The summed E-state index contributed by atoms with van der Waals surface area (Å²) in [5.74, 6) is -2.49. The number of carboxylic acids is 1. The number of hydrogen-bond acceptors (Lipinski definition) is 5. The fourth-order valence-electron chi connectivity index (χ4n) is 4.50. The Morgan fingerprint density at radius 3 is 2.09 bits per heavy atom. The van der Waals surface area contributed by atoms with Crippen LogP contribution in [0.2, 0.25) is 0 Å². The molecule has 0 aromatic heterocycles. The number of rotatable bonds is 4. The van der Waals surface area contributed by atoms with E-state index in [1.54, 1.807) is 20.8 Å². The summed E-state index contributed by atoms with van der Waals surface area (Å²) in [7, 11) is 0. The standard InChI is InChI=1S/C25H27NO6/c1-25(2,3)32-23(29)15-12-21(22(27)28)26(13-15)24(30)31-14-20-18-10-6-4-8-16(18)17-9-5-7-11-19(17)20/h4-11,15,20-21H,12-14H2,1-3H3,(H,27,28)/t15-,21+/m0/s1. The molecule has 32 heavy (non-hydrogen) atoms. The molecule has 168 valence electrons. The molecule has 0 bridgehead atoms. The number of carbonyl (C=O) groups is 3. The van der Waals surface area contributed by atoms with Crippen LogP contribution in [0.15, 0.2) is 48.5 Å². The number of amides is 1. The summed E-state index contributed by atoms with van der Waals surface area (Å²) in [5, 5.41) is 9.60. The van der Waals surface area contributed by atoms with Crippen LogP contribution in [0.4, 0.5) is 4.79 Å². The zero-order valence-corrected chi connectivity index (χ0v) is 18.4. The van der Waals surface area contributed by atoms with Crippen molar-refractivity contribution in [2.24, 2.45) is 5.92 Å². The fourth-order valence-corrected chi connectivity index (χ4v) is 4.50. The average molecular weight is 437 g/mol. The third-order valence-electron chi connectivity index (χ3n) is 5.90. The van der Waals surface area contributed by atoms with E-state index in [4.69, 9.17) is 9.47 Å². The van der Waals surface area contributed by atoms with Crippen molar-refractivity contribution < 1.29 is 29.0 Å². The molecule has 1 N–H and O–H groups in total. The van der Waals surface area contributed by atoms with Crippen LogP contribution in [0.25, 0.3) is 11.1 Å². The zero-order chi connectivity index (χ0) is 23.0. The maximum absolute atomic E-state index is 12.9. The Balaban J connectivity index is 1.48. The van der Waals surface area contributed by atoms with Gasteiger partial charge < -0.3 is 14.6 Å². The second-order valence-electron chi connectivity index (χ2n) is 9.28. The van der Waals surface area contributed by atoms with Crippen molar-refractivity contribution in [3.8, 4) is 11.1 Å². The van der Waals surface area contributed by atoms with Gasteiger partial charge in [0.05, 0.1) is 5.92 Å². The maximum atomic E-state index is 12.9. The Labute approximate surface area is 186 Å². The summed E-state index contributed by atoms with van der Waals surface area (Å²) >= 11 is 0. The Hall–Kier alpha value is -3.35. The molecule has 7 heteroatoms. The number of benzene rings is 2. The largest absolute Gasteiger partial charge is 0.480 e. The summed E-state index contributed by atoms with van der Waals surface area (Å²) in [4.78, 5) is 38.2. The van der Waals surface area contributed by atoms with Crippen molar-refractivity contribution >= 4 is 18.0 Å². The summed E-state index contributed by atoms with van der Waals surface area (Å²) in [5.41, 5.74) is 3.68. The number of fused-ring (bicyclic) bond motifs is 3. The minimum atomic E-state index is -1.16. The van der Waals surface area contributed by atoms with Gasteiger partial charge in [0.15, 0.2) is 0 Å². The highest BCUT2D eigenvalue weighted by Crippen LogP contribution is 2.44. The van der Waals surface area contributed by atoms with Crippen molar-refractivity contribution in [3.05, 3.63) is 59.7 Å². The van der Waals surface area contributed by atoms with E-state index >= 15 is 0 Å². The van der Waals surface area contributed by atoms with Gasteiger partial charge in [-0.1, -0.05) is 48.5 Å². The molecule has 4 rings (SSSR count). The normalized spacial score (nSPS) is 19.9. The molecule has 2 aromatic rings. The molecule has 0 spiro atoms. The number of likely N-dealkylation sites (tertiary alicyclic amines) is 1. The van der Waals surface area contributed by atoms with E-state index in [1.165, 1.54) is 0 Å². The van der Waals surface area contributed by atoms with Crippen LogP contribution in [0.3, 0.4) is 0 Å². The van der Waals surface area contributed by atoms with Crippen LogP contribution < -0.4 is 0 Å². The number of carbonyl (C=O) groups excluding carboxylic acids is 2. The maximum Gasteiger partial charge on any atom is 0.410 e. The van der Waals surface area contributed by atoms with Gasteiger partial charge in [0.1, 0.15) is 18.2 Å². The highest BCUT2D eigenvalue weighted by Gasteiger charge is 2.45. The SMILES string of the molecule is CC(C)(C)OC(=O)[C@H]1C[C@H](C(=O)O)N(C(=O)OCC2c3ccccc3-c3ccccc32)C1. The highest BCUT2D eigenvalue weighted by atomic mass is 16.6. The first-order chi connectivity index (χ1) is 15.2. The van der Waals surface area contributed by atoms with E-state index in [1.807, 2.05) is 48.5 Å². The average Bonchev–Trinajstić information content (AvgIpc) is 3.32. The monoisotopic (exact) mass is 437 g/mol. The first-order valence-corrected chi connectivity index (χ1v) is 10.7. The van der Waals surface area contributed by atoms with Crippen LogP contribution in [0.5, 0.6) is 0 Å². The first kappa shape index (κ1) is 21.9. The van der Waals surface area contributed by atoms with Crippen molar-refractivity contribution in [1.82, 2.24) is 4.90 Å². The van der Waals surface area contributed by atoms with Gasteiger partial charge in [-0.15, -0.1) is 0 Å². The second kappa shape index (κ2) is 8.30. The minimum Gasteiger partial charge on any atom is -0.480 e. The van der Waals surface area contributed by atoms with Gasteiger partial charge in [-0.2, -0.15) is 0 Å². The third kappa shape index (κ3) is 4.20. The number of ether oxygens (including phenoxy) is 2. The number of carboxylic acid groups (broad SMARTS) is 1. The topological polar surface area (TPSA) is 93.1 Å². The summed E-state index contributed by atoms with van der Waals surface area (Å²) in [6, 6.07) is 14.8. The number of hydrogen-bond donors (Lipinski definition) is 1. The fraction of sp³-hybridized carbons (Fsp3) is 0.400. The lowest BCUT2D eigenvalue weighted by molar-refractivity contribution is -0.159. The molecule has 2 aromatic carbocycles. The van der Waals surface area contributed by atoms with Crippen molar-refractivity contribution in [1.29, 1.82) is 0 Å². The molecule has 1 heterocycles. The van der Waals surface area contributed by atoms with Gasteiger partial charge >= 0.3 is 18.0 Å². The summed E-state index contributed by atoms with van der Waals surface area (Å²) < 4.78 is 11.0. The van der Waals surface area contributed by atoms with E-state index in [-0.39, 0.29) is 25.5 Å². The molecule has 1 aliphatic heterocycles. The van der Waals surface area contributed by atoms with Gasteiger partial charge in [-0.25, -0.2) is 9.59 Å². The van der Waals surface area contributed by atoms with Crippen LogP contribution in [-0.2, 0) is 19.1 Å². The Morgan fingerprint density at radius 1 is 1.00 bits per heavy atom.